The Morgan fingerprint density at radius 1 is 1.12 bits per heavy atom. The lowest BCUT2D eigenvalue weighted by molar-refractivity contribution is -0.119. The molecule has 2 rings (SSSR count). The molecule has 0 heterocycles. The van der Waals surface area contributed by atoms with Crippen molar-refractivity contribution in [1.82, 2.24) is 4.72 Å². The van der Waals surface area contributed by atoms with Crippen LogP contribution in [0.2, 0.25) is 0 Å². The Hall–Kier alpha value is -2.60. The molecule has 0 aliphatic rings. The molecule has 0 radical (unpaired) electrons. The van der Waals surface area contributed by atoms with Crippen LogP contribution in [0.1, 0.15) is 18.4 Å². The number of benzene rings is 2. The molecule has 0 aliphatic heterocycles. The van der Waals surface area contributed by atoms with E-state index in [1.54, 1.807) is 12.1 Å². The number of hydrogen-bond donors (Lipinski definition) is 1. The van der Waals surface area contributed by atoms with Gasteiger partial charge < -0.3 is 4.74 Å². The average Bonchev–Trinajstić information content (AvgIpc) is 2.59. The third-order valence-corrected chi connectivity index (χ3v) is 4.62. The second-order valence-electron chi connectivity index (χ2n) is 5.06. The zero-order valence-corrected chi connectivity index (χ0v) is 14.1. The van der Waals surface area contributed by atoms with Crippen molar-refractivity contribution in [3.63, 3.8) is 0 Å². The van der Waals surface area contributed by atoms with Gasteiger partial charge in [-0.25, -0.2) is 13.1 Å². The maximum absolute atomic E-state index is 12.2. The number of amides is 1. The molecule has 2 aromatic carbocycles. The summed E-state index contributed by atoms with van der Waals surface area (Å²) in [5.41, 5.74) is 1.03. The highest BCUT2D eigenvalue weighted by molar-refractivity contribution is 7.90. The largest absolute Gasteiger partial charge is 0.497 e. The summed E-state index contributed by atoms with van der Waals surface area (Å²) in [6.45, 7) is 0. The molecule has 0 aliphatic carbocycles. The van der Waals surface area contributed by atoms with Gasteiger partial charge in [-0.05, 0) is 24.1 Å². The highest BCUT2D eigenvalue weighted by Gasteiger charge is 2.17. The maximum atomic E-state index is 12.2. The second kappa shape index (κ2) is 8.31. The van der Waals surface area contributed by atoms with E-state index in [-0.39, 0.29) is 11.3 Å². The van der Waals surface area contributed by atoms with Crippen molar-refractivity contribution in [2.24, 2.45) is 0 Å². The van der Waals surface area contributed by atoms with E-state index in [1.807, 2.05) is 42.5 Å². The van der Waals surface area contributed by atoms with Gasteiger partial charge in [-0.1, -0.05) is 48.6 Å². The van der Waals surface area contributed by atoms with Gasteiger partial charge in [0, 0.05) is 12.5 Å². The highest BCUT2D eigenvalue weighted by atomic mass is 32.2. The summed E-state index contributed by atoms with van der Waals surface area (Å²) in [5.74, 6) is -0.133. The van der Waals surface area contributed by atoms with Crippen molar-refractivity contribution in [2.75, 3.05) is 7.11 Å². The lowest BCUT2D eigenvalue weighted by Gasteiger charge is -2.07. The van der Waals surface area contributed by atoms with E-state index in [1.165, 1.54) is 19.2 Å². The molecule has 24 heavy (non-hydrogen) atoms. The van der Waals surface area contributed by atoms with Crippen molar-refractivity contribution in [3.05, 3.63) is 66.2 Å². The first-order chi connectivity index (χ1) is 11.5. The van der Waals surface area contributed by atoms with Gasteiger partial charge in [0.2, 0.25) is 5.91 Å². The number of carbonyl (C=O) groups excluding carboxylic acids is 1. The molecule has 0 aromatic heterocycles. The van der Waals surface area contributed by atoms with Gasteiger partial charge >= 0.3 is 0 Å². The normalized spacial score (nSPS) is 11.4. The summed E-state index contributed by atoms with van der Waals surface area (Å²) >= 11 is 0. The summed E-state index contributed by atoms with van der Waals surface area (Å²) in [4.78, 5) is 11.8. The van der Waals surface area contributed by atoms with Crippen molar-refractivity contribution in [3.8, 4) is 5.75 Å². The van der Waals surface area contributed by atoms with E-state index < -0.39 is 15.9 Å². The van der Waals surface area contributed by atoms with Gasteiger partial charge in [0.1, 0.15) is 5.75 Å². The predicted molar refractivity (Wildman–Crippen MR) is 93.0 cm³/mol. The number of allylic oxidation sites excluding steroid dienone is 1. The number of ether oxygens (including phenoxy) is 1. The van der Waals surface area contributed by atoms with Crippen LogP contribution in [0, 0.1) is 0 Å². The van der Waals surface area contributed by atoms with E-state index in [2.05, 4.69) is 4.72 Å². The van der Waals surface area contributed by atoms with E-state index >= 15 is 0 Å². The molecule has 5 nitrogen and oxygen atoms in total. The number of hydrogen-bond acceptors (Lipinski definition) is 4. The fourth-order valence-electron chi connectivity index (χ4n) is 2.03. The third kappa shape index (κ3) is 5.24. The quantitative estimate of drug-likeness (QED) is 0.837. The Morgan fingerprint density at radius 2 is 1.88 bits per heavy atom. The molecule has 0 bridgehead atoms. The number of sulfonamides is 1. The minimum atomic E-state index is -3.89. The lowest BCUT2D eigenvalue weighted by Crippen LogP contribution is -2.30. The van der Waals surface area contributed by atoms with Crippen LogP contribution in [0.25, 0.3) is 6.08 Å². The number of methoxy groups -OCH3 is 1. The molecule has 0 fully saturated rings. The van der Waals surface area contributed by atoms with Crippen molar-refractivity contribution in [2.45, 2.75) is 17.7 Å². The van der Waals surface area contributed by atoms with Gasteiger partial charge in [-0.3, -0.25) is 4.79 Å². The van der Waals surface area contributed by atoms with Gasteiger partial charge in [-0.2, -0.15) is 0 Å². The van der Waals surface area contributed by atoms with Crippen LogP contribution >= 0.6 is 0 Å². The molecule has 0 unspecified atom stereocenters. The zero-order chi connectivity index (χ0) is 17.4. The monoisotopic (exact) mass is 345 g/mol. The topological polar surface area (TPSA) is 72.5 Å². The van der Waals surface area contributed by atoms with Crippen LogP contribution in [0.15, 0.2) is 65.6 Å². The smallest absolute Gasteiger partial charge is 0.264 e. The summed E-state index contributed by atoms with van der Waals surface area (Å²) in [5, 5.41) is 0. The summed E-state index contributed by atoms with van der Waals surface area (Å²) < 4.78 is 31.4. The standard InChI is InChI=1S/C18H19NO4S/c1-23-16-11-7-12-17(14-16)24(21,22)19-18(20)13-6-5-10-15-8-3-2-4-9-15/h2-5,7-12,14H,6,13H2,1H3,(H,19,20)/b10-5+. The summed E-state index contributed by atoms with van der Waals surface area (Å²) in [7, 11) is -2.44. The van der Waals surface area contributed by atoms with Crippen LogP contribution in [-0.4, -0.2) is 21.4 Å². The van der Waals surface area contributed by atoms with Crippen LogP contribution in [0.5, 0.6) is 5.75 Å². The fourth-order valence-corrected chi connectivity index (χ4v) is 3.07. The number of rotatable bonds is 7. The molecule has 126 valence electrons. The second-order valence-corrected chi connectivity index (χ2v) is 6.74. The first kappa shape index (κ1) is 17.7. The van der Waals surface area contributed by atoms with Gasteiger partial charge in [0.25, 0.3) is 10.0 Å². The predicted octanol–water partition coefficient (Wildman–Crippen LogP) is 2.99. The molecule has 2 aromatic rings. The van der Waals surface area contributed by atoms with Crippen LogP contribution in [0.3, 0.4) is 0 Å². The molecular weight excluding hydrogens is 326 g/mol. The minimum Gasteiger partial charge on any atom is -0.497 e. The Morgan fingerprint density at radius 3 is 2.58 bits per heavy atom. The first-order valence-electron chi connectivity index (χ1n) is 7.42. The average molecular weight is 345 g/mol. The first-order valence-corrected chi connectivity index (χ1v) is 8.91. The molecule has 6 heteroatoms. The molecule has 0 spiro atoms. The zero-order valence-electron chi connectivity index (χ0n) is 13.3. The molecule has 0 saturated heterocycles. The Kier molecular flexibility index (Phi) is 6.14. The summed E-state index contributed by atoms with van der Waals surface area (Å²) in [6, 6.07) is 15.6. The molecule has 0 atom stereocenters. The Labute approximate surface area is 142 Å². The van der Waals surface area contributed by atoms with E-state index in [0.29, 0.717) is 12.2 Å². The van der Waals surface area contributed by atoms with E-state index in [9.17, 15) is 13.2 Å². The maximum Gasteiger partial charge on any atom is 0.264 e. The number of carbonyl (C=O) groups is 1. The molecule has 1 amide bonds. The van der Waals surface area contributed by atoms with Crippen LogP contribution < -0.4 is 9.46 Å². The Bertz CT molecular complexity index is 814. The molecule has 1 N–H and O–H groups in total. The molecule has 0 saturated carbocycles. The van der Waals surface area contributed by atoms with Gasteiger partial charge in [0.15, 0.2) is 0 Å². The van der Waals surface area contributed by atoms with Gasteiger partial charge in [-0.15, -0.1) is 0 Å². The van der Waals surface area contributed by atoms with Crippen LogP contribution in [0.4, 0.5) is 0 Å². The van der Waals surface area contributed by atoms with Crippen molar-refractivity contribution >= 4 is 22.0 Å². The van der Waals surface area contributed by atoms with Crippen molar-refractivity contribution in [1.29, 1.82) is 0 Å². The van der Waals surface area contributed by atoms with Crippen molar-refractivity contribution < 1.29 is 17.9 Å². The van der Waals surface area contributed by atoms with E-state index in [4.69, 9.17) is 4.74 Å². The minimum absolute atomic E-state index is 0.00460. The fraction of sp³-hybridized carbons (Fsp3) is 0.167. The molecular formula is C18H19NO4S. The van der Waals surface area contributed by atoms with E-state index in [0.717, 1.165) is 5.56 Å². The number of nitrogens with one attached hydrogen (secondary N) is 1. The van der Waals surface area contributed by atoms with Crippen LogP contribution in [-0.2, 0) is 14.8 Å². The summed E-state index contributed by atoms with van der Waals surface area (Å²) in [6.07, 6.45) is 4.28. The third-order valence-electron chi connectivity index (χ3n) is 3.25. The Balaban J connectivity index is 1.90. The van der Waals surface area contributed by atoms with Gasteiger partial charge in [0.05, 0.1) is 12.0 Å². The highest BCUT2D eigenvalue weighted by Crippen LogP contribution is 2.16. The lowest BCUT2D eigenvalue weighted by atomic mass is 10.2. The SMILES string of the molecule is COc1cccc(S(=O)(=O)NC(=O)CC/C=C/c2ccccc2)c1.